The van der Waals surface area contributed by atoms with E-state index >= 15 is 0 Å². The summed E-state index contributed by atoms with van der Waals surface area (Å²) in [6.07, 6.45) is 0. The van der Waals surface area contributed by atoms with Crippen LogP contribution in [0.3, 0.4) is 0 Å². The van der Waals surface area contributed by atoms with Gasteiger partial charge >= 0.3 is 0 Å². The average molecular weight is 468 g/mol. The highest BCUT2D eigenvalue weighted by molar-refractivity contribution is 7.92. The van der Waals surface area contributed by atoms with E-state index in [1.807, 2.05) is 60.7 Å². The number of para-hydroxylation sites is 2. The third-order valence-corrected chi connectivity index (χ3v) is 6.75. The van der Waals surface area contributed by atoms with Crippen LogP contribution in [-0.2, 0) is 10.0 Å². The minimum absolute atomic E-state index is 0.0895. The Labute approximate surface area is 198 Å². The largest absolute Gasteiger partial charge is 0.495 e. The number of rotatable bonds is 6. The van der Waals surface area contributed by atoms with E-state index in [4.69, 9.17) is 14.7 Å². The molecule has 0 radical (unpaired) electrons. The Bertz CT molecular complexity index is 1570. The molecule has 7 heteroatoms. The van der Waals surface area contributed by atoms with E-state index in [2.05, 4.69) is 4.72 Å². The average Bonchev–Trinajstić information content (AvgIpc) is 2.88. The molecular weight excluding hydrogens is 446 g/mol. The van der Waals surface area contributed by atoms with Gasteiger partial charge < -0.3 is 4.74 Å². The van der Waals surface area contributed by atoms with Gasteiger partial charge in [0.2, 0.25) is 0 Å². The zero-order valence-electron chi connectivity index (χ0n) is 18.3. The summed E-state index contributed by atoms with van der Waals surface area (Å²) in [5.74, 6) is 0.436. The van der Waals surface area contributed by atoms with Gasteiger partial charge in [-0.15, -0.1) is 0 Å². The second kappa shape index (κ2) is 8.96. The Morgan fingerprint density at radius 2 is 1.24 bits per heavy atom. The number of hydrogen-bond donors (Lipinski definition) is 1. The van der Waals surface area contributed by atoms with E-state index in [0.29, 0.717) is 28.2 Å². The highest BCUT2D eigenvalue weighted by Crippen LogP contribution is 2.32. The molecule has 0 amide bonds. The van der Waals surface area contributed by atoms with Gasteiger partial charge in [0, 0.05) is 11.1 Å². The van der Waals surface area contributed by atoms with Crippen LogP contribution < -0.4 is 9.46 Å². The lowest BCUT2D eigenvalue weighted by molar-refractivity contribution is 0.417. The molecule has 34 heavy (non-hydrogen) atoms. The first-order valence-electron chi connectivity index (χ1n) is 10.6. The summed E-state index contributed by atoms with van der Waals surface area (Å²) >= 11 is 0. The zero-order valence-corrected chi connectivity index (χ0v) is 19.2. The van der Waals surface area contributed by atoms with E-state index in [1.165, 1.54) is 13.2 Å². The van der Waals surface area contributed by atoms with E-state index < -0.39 is 10.0 Å². The van der Waals surface area contributed by atoms with Crippen LogP contribution in [-0.4, -0.2) is 25.5 Å². The third-order valence-electron chi connectivity index (χ3n) is 5.39. The number of methoxy groups -OCH3 is 1. The van der Waals surface area contributed by atoms with Gasteiger partial charge in [0.05, 0.1) is 40.1 Å². The number of hydrogen-bond acceptors (Lipinski definition) is 5. The van der Waals surface area contributed by atoms with Crippen LogP contribution >= 0.6 is 0 Å². The number of aromatic nitrogens is 2. The molecule has 5 rings (SSSR count). The van der Waals surface area contributed by atoms with E-state index in [9.17, 15) is 8.42 Å². The number of benzene rings is 4. The molecule has 5 aromatic rings. The summed E-state index contributed by atoms with van der Waals surface area (Å²) in [6.45, 7) is 0. The molecule has 6 nitrogen and oxygen atoms in total. The quantitative estimate of drug-likeness (QED) is 0.343. The van der Waals surface area contributed by atoms with E-state index in [0.717, 1.165) is 16.8 Å². The van der Waals surface area contributed by atoms with Crippen molar-refractivity contribution < 1.29 is 13.2 Å². The van der Waals surface area contributed by atoms with E-state index in [-0.39, 0.29) is 4.90 Å². The molecule has 0 atom stereocenters. The lowest BCUT2D eigenvalue weighted by Gasteiger charge is -2.13. The predicted molar refractivity (Wildman–Crippen MR) is 134 cm³/mol. The Morgan fingerprint density at radius 3 is 1.85 bits per heavy atom. The molecule has 0 fully saturated rings. The summed E-state index contributed by atoms with van der Waals surface area (Å²) in [7, 11) is -2.38. The van der Waals surface area contributed by atoms with Crippen molar-refractivity contribution >= 4 is 26.7 Å². The molecule has 1 aromatic heterocycles. The molecule has 0 aliphatic rings. The Balaban J connectivity index is 1.63. The van der Waals surface area contributed by atoms with Crippen molar-refractivity contribution in [2.75, 3.05) is 11.8 Å². The van der Waals surface area contributed by atoms with Gasteiger partial charge in [-0.2, -0.15) is 0 Å². The number of fused-ring (bicyclic) bond motifs is 1. The van der Waals surface area contributed by atoms with Gasteiger partial charge in [0.25, 0.3) is 10.0 Å². The standard InChI is InChI=1S/C27H21N3O3S/c1-33-25-15-9-8-14-23(25)30-34(31,32)21-16-17-22-24(18-21)29-27(20-12-6-3-7-13-20)26(28-22)19-10-4-2-5-11-19/h2-18,30H,1H3. The smallest absolute Gasteiger partial charge is 0.262 e. The Hall–Kier alpha value is -4.23. The summed E-state index contributed by atoms with van der Waals surface area (Å²) in [5, 5.41) is 0. The fourth-order valence-electron chi connectivity index (χ4n) is 3.73. The summed E-state index contributed by atoms with van der Waals surface area (Å²) in [5.41, 5.74) is 4.71. The van der Waals surface area contributed by atoms with Gasteiger partial charge in [0.1, 0.15) is 5.75 Å². The number of nitrogens with one attached hydrogen (secondary N) is 1. The van der Waals surface area contributed by atoms with Gasteiger partial charge in [-0.25, -0.2) is 18.4 Å². The molecule has 0 bridgehead atoms. The molecule has 1 N–H and O–H groups in total. The molecular formula is C27H21N3O3S. The third kappa shape index (κ3) is 4.21. The normalized spacial score (nSPS) is 11.3. The maximum atomic E-state index is 13.1. The lowest BCUT2D eigenvalue weighted by Crippen LogP contribution is -2.13. The first-order chi connectivity index (χ1) is 16.5. The maximum absolute atomic E-state index is 13.1. The SMILES string of the molecule is COc1ccccc1NS(=O)(=O)c1ccc2nc(-c3ccccc3)c(-c3ccccc3)nc2c1. The van der Waals surface area contributed by atoms with Crippen LogP contribution in [0.1, 0.15) is 0 Å². The molecule has 0 unspecified atom stereocenters. The molecule has 0 saturated heterocycles. The van der Waals surface area contributed by atoms with Crippen molar-refractivity contribution in [1.29, 1.82) is 0 Å². The van der Waals surface area contributed by atoms with Crippen molar-refractivity contribution in [3.05, 3.63) is 103 Å². The van der Waals surface area contributed by atoms with Crippen LogP contribution in [0.5, 0.6) is 5.75 Å². The number of ether oxygens (including phenoxy) is 1. The highest BCUT2D eigenvalue weighted by Gasteiger charge is 2.19. The predicted octanol–water partition coefficient (Wildman–Crippen LogP) is 5.77. The van der Waals surface area contributed by atoms with Gasteiger partial charge in [0.15, 0.2) is 0 Å². The van der Waals surface area contributed by atoms with Crippen LogP contribution in [0.4, 0.5) is 5.69 Å². The van der Waals surface area contributed by atoms with E-state index in [1.54, 1.807) is 36.4 Å². The summed E-state index contributed by atoms with van der Waals surface area (Å²) in [6, 6.07) is 31.2. The van der Waals surface area contributed by atoms with Crippen molar-refractivity contribution in [2.24, 2.45) is 0 Å². The van der Waals surface area contributed by atoms with Crippen molar-refractivity contribution in [1.82, 2.24) is 9.97 Å². The summed E-state index contributed by atoms with van der Waals surface area (Å²) < 4.78 is 34.2. The molecule has 4 aromatic carbocycles. The Kier molecular flexibility index (Phi) is 5.69. The maximum Gasteiger partial charge on any atom is 0.262 e. The number of sulfonamides is 1. The zero-order chi connectivity index (χ0) is 23.5. The molecule has 0 spiro atoms. The monoisotopic (exact) mass is 467 g/mol. The molecule has 168 valence electrons. The lowest BCUT2D eigenvalue weighted by atomic mass is 10.0. The number of anilines is 1. The second-order valence-electron chi connectivity index (χ2n) is 7.61. The molecule has 1 heterocycles. The van der Waals surface area contributed by atoms with Gasteiger partial charge in [-0.05, 0) is 30.3 Å². The first kappa shape index (κ1) is 21.6. The Morgan fingerprint density at radius 1 is 0.676 bits per heavy atom. The van der Waals surface area contributed by atoms with Crippen LogP contribution in [0.15, 0.2) is 108 Å². The highest BCUT2D eigenvalue weighted by atomic mass is 32.2. The molecule has 0 saturated carbocycles. The van der Waals surface area contributed by atoms with Crippen LogP contribution in [0.2, 0.25) is 0 Å². The first-order valence-corrected chi connectivity index (χ1v) is 12.1. The van der Waals surface area contributed by atoms with Crippen LogP contribution in [0, 0.1) is 0 Å². The fraction of sp³-hybridized carbons (Fsp3) is 0.0370. The van der Waals surface area contributed by atoms with Crippen LogP contribution in [0.25, 0.3) is 33.5 Å². The second-order valence-corrected chi connectivity index (χ2v) is 9.29. The molecule has 0 aliphatic carbocycles. The van der Waals surface area contributed by atoms with Crippen molar-refractivity contribution in [3.63, 3.8) is 0 Å². The van der Waals surface area contributed by atoms with Crippen molar-refractivity contribution in [2.45, 2.75) is 4.90 Å². The minimum atomic E-state index is -3.87. The summed E-state index contributed by atoms with van der Waals surface area (Å²) in [4.78, 5) is 9.81. The minimum Gasteiger partial charge on any atom is -0.495 e. The fourth-order valence-corrected chi connectivity index (χ4v) is 4.82. The molecule has 0 aliphatic heterocycles. The number of nitrogens with zero attached hydrogens (tertiary/aromatic N) is 2. The topological polar surface area (TPSA) is 81.2 Å². The van der Waals surface area contributed by atoms with Gasteiger partial charge in [-0.3, -0.25) is 4.72 Å². The van der Waals surface area contributed by atoms with Crippen molar-refractivity contribution in [3.8, 4) is 28.3 Å². The van der Waals surface area contributed by atoms with Gasteiger partial charge in [-0.1, -0.05) is 72.8 Å².